The Hall–Kier alpha value is -2.69. The van der Waals surface area contributed by atoms with Gasteiger partial charge in [0.1, 0.15) is 12.4 Å². The molecule has 0 unspecified atom stereocenters. The molecule has 0 saturated heterocycles. The third-order valence-corrected chi connectivity index (χ3v) is 2.70. The van der Waals surface area contributed by atoms with Crippen molar-refractivity contribution < 1.29 is 18.7 Å². The lowest BCUT2D eigenvalue weighted by molar-refractivity contribution is -0.114. The van der Waals surface area contributed by atoms with Crippen LogP contribution in [0.15, 0.2) is 48.5 Å². The Morgan fingerprint density at radius 3 is 2.48 bits per heavy atom. The smallest absolute Gasteiger partial charge is 0.338 e. The molecule has 0 aliphatic carbocycles. The number of ether oxygens (including phenoxy) is 1. The van der Waals surface area contributed by atoms with Crippen LogP contribution in [0.1, 0.15) is 22.8 Å². The third-order valence-electron chi connectivity index (χ3n) is 2.70. The zero-order chi connectivity index (χ0) is 15.2. The molecule has 0 atom stereocenters. The maximum atomic E-state index is 13.0. The van der Waals surface area contributed by atoms with Gasteiger partial charge in [-0.1, -0.05) is 12.1 Å². The fourth-order valence-electron chi connectivity index (χ4n) is 1.75. The minimum atomic E-state index is -0.506. The Kier molecular flexibility index (Phi) is 4.66. The molecule has 2 rings (SSSR count). The van der Waals surface area contributed by atoms with Crippen molar-refractivity contribution in [2.45, 2.75) is 13.5 Å². The lowest BCUT2D eigenvalue weighted by Crippen LogP contribution is -2.07. The van der Waals surface area contributed by atoms with E-state index >= 15 is 0 Å². The van der Waals surface area contributed by atoms with E-state index in [1.807, 2.05) is 0 Å². The summed E-state index contributed by atoms with van der Waals surface area (Å²) < 4.78 is 18.1. The summed E-state index contributed by atoms with van der Waals surface area (Å²) in [5.74, 6) is -1.06. The second kappa shape index (κ2) is 6.65. The second-order valence-corrected chi connectivity index (χ2v) is 4.46. The van der Waals surface area contributed by atoms with Crippen LogP contribution < -0.4 is 5.32 Å². The maximum absolute atomic E-state index is 13.0. The average molecular weight is 287 g/mol. The van der Waals surface area contributed by atoms with E-state index in [4.69, 9.17) is 4.74 Å². The summed E-state index contributed by atoms with van der Waals surface area (Å²) in [4.78, 5) is 22.7. The molecule has 1 N–H and O–H groups in total. The number of anilines is 1. The van der Waals surface area contributed by atoms with E-state index in [9.17, 15) is 14.0 Å². The molecule has 5 heteroatoms. The largest absolute Gasteiger partial charge is 0.457 e. The molecule has 2 aromatic carbocycles. The van der Waals surface area contributed by atoms with Gasteiger partial charge < -0.3 is 10.1 Å². The van der Waals surface area contributed by atoms with E-state index in [0.29, 0.717) is 16.8 Å². The highest BCUT2D eigenvalue weighted by molar-refractivity contribution is 5.92. The van der Waals surface area contributed by atoms with Crippen LogP contribution in [0, 0.1) is 5.82 Å². The third kappa shape index (κ3) is 4.42. The zero-order valence-electron chi connectivity index (χ0n) is 11.4. The van der Waals surface area contributed by atoms with Gasteiger partial charge in [0.25, 0.3) is 0 Å². The van der Waals surface area contributed by atoms with Gasteiger partial charge in [-0.15, -0.1) is 0 Å². The highest BCUT2D eigenvalue weighted by atomic mass is 19.1. The second-order valence-electron chi connectivity index (χ2n) is 4.46. The van der Waals surface area contributed by atoms with Crippen LogP contribution in [-0.4, -0.2) is 11.9 Å². The lowest BCUT2D eigenvalue weighted by atomic mass is 10.2. The monoisotopic (exact) mass is 287 g/mol. The van der Waals surface area contributed by atoms with Crippen molar-refractivity contribution in [1.82, 2.24) is 0 Å². The molecule has 0 bridgehead atoms. The van der Waals surface area contributed by atoms with E-state index in [-0.39, 0.29) is 18.3 Å². The van der Waals surface area contributed by atoms with Gasteiger partial charge in [0.15, 0.2) is 0 Å². The van der Waals surface area contributed by atoms with Crippen molar-refractivity contribution in [2.24, 2.45) is 0 Å². The standard InChI is InChI=1S/C16H14FNO3/c1-11(19)18-15-7-5-13(6-8-15)16(20)21-10-12-3-2-4-14(17)9-12/h2-9H,10H2,1H3,(H,18,19). The quantitative estimate of drug-likeness (QED) is 0.879. The molecule has 0 aromatic heterocycles. The number of esters is 1. The first-order valence-corrected chi connectivity index (χ1v) is 6.34. The number of carbonyl (C=O) groups is 2. The number of hydrogen-bond acceptors (Lipinski definition) is 3. The fourth-order valence-corrected chi connectivity index (χ4v) is 1.75. The maximum Gasteiger partial charge on any atom is 0.338 e. The van der Waals surface area contributed by atoms with Crippen molar-refractivity contribution in [3.8, 4) is 0 Å². The van der Waals surface area contributed by atoms with Crippen molar-refractivity contribution >= 4 is 17.6 Å². The van der Waals surface area contributed by atoms with Crippen molar-refractivity contribution in [2.75, 3.05) is 5.32 Å². The van der Waals surface area contributed by atoms with Crippen LogP contribution in [0.5, 0.6) is 0 Å². The summed E-state index contributed by atoms with van der Waals surface area (Å²) in [7, 11) is 0. The SMILES string of the molecule is CC(=O)Nc1ccc(C(=O)OCc2cccc(F)c2)cc1. The van der Waals surface area contributed by atoms with E-state index in [1.54, 1.807) is 36.4 Å². The molecule has 0 aliphatic rings. The van der Waals surface area contributed by atoms with Gasteiger partial charge >= 0.3 is 5.97 Å². The Labute approximate surface area is 121 Å². The van der Waals surface area contributed by atoms with Gasteiger partial charge in [-0.25, -0.2) is 9.18 Å². The Morgan fingerprint density at radius 2 is 1.86 bits per heavy atom. The minimum Gasteiger partial charge on any atom is -0.457 e. The molecule has 0 heterocycles. The molecule has 0 spiro atoms. The first-order valence-electron chi connectivity index (χ1n) is 6.34. The van der Waals surface area contributed by atoms with E-state index < -0.39 is 5.97 Å². The Bertz CT molecular complexity index is 653. The van der Waals surface area contributed by atoms with Crippen LogP contribution in [0.2, 0.25) is 0 Å². The molecule has 108 valence electrons. The molecule has 0 saturated carbocycles. The summed E-state index contributed by atoms with van der Waals surface area (Å²) in [6, 6.07) is 12.2. The summed E-state index contributed by atoms with van der Waals surface area (Å²) in [6.45, 7) is 1.41. The van der Waals surface area contributed by atoms with Crippen LogP contribution in [0.3, 0.4) is 0 Å². The lowest BCUT2D eigenvalue weighted by Gasteiger charge is -2.06. The van der Waals surface area contributed by atoms with E-state index in [0.717, 1.165) is 0 Å². The molecule has 4 nitrogen and oxygen atoms in total. The van der Waals surface area contributed by atoms with Crippen LogP contribution in [0.4, 0.5) is 10.1 Å². The van der Waals surface area contributed by atoms with Crippen molar-refractivity contribution in [3.05, 3.63) is 65.5 Å². The molecule has 1 amide bonds. The summed E-state index contributed by atoms with van der Waals surface area (Å²) in [5, 5.41) is 2.60. The van der Waals surface area contributed by atoms with Gasteiger partial charge in [-0.05, 0) is 42.0 Å². The first kappa shape index (κ1) is 14.7. The summed E-state index contributed by atoms with van der Waals surface area (Å²) in [6.07, 6.45) is 0. The zero-order valence-corrected chi connectivity index (χ0v) is 11.4. The average Bonchev–Trinajstić information content (AvgIpc) is 2.45. The van der Waals surface area contributed by atoms with Gasteiger partial charge in [-0.3, -0.25) is 4.79 Å². The number of hydrogen-bond donors (Lipinski definition) is 1. The van der Waals surface area contributed by atoms with Crippen LogP contribution in [0.25, 0.3) is 0 Å². The number of benzene rings is 2. The Morgan fingerprint density at radius 1 is 1.14 bits per heavy atom. The number of rotatable bonds is 4. The molecule has 0 aliphatic heterocycles. The first-order chi connectivity index (χ1) is 10.0. The van der Waals surface area contributed by atoms with Gasteiger partial charge in [0.05, 0.1) is 5.56 Å². The highest BCUT2D eigenvalue weighted by Gasteiger charge is 2.08. The molecule has 2 aromatic rings. The number of amides is 1. The topological polar surface area (TPSA) is 55.4 Å². The van der Waals surface area contributed by atoms with Crippen molar-refractivity contribution in [1.29, 1.82) is 0 Å². The molecule has 0 fully saturated rings. The molecular weight excluding hydrogens is 273 g/mol. The molecular formula is C16H14FNO3. The van der Waals surface area contributed by atoms with Crippen molar-refractivity contribution in [3.63, 3.8) is 0 Å². The number of nitrogens with one attached hydrogen (secondary N) is 1. The Balaban J connectivity index is 1.95. The van der Waals surface area contributed by atoms with E-state index in [2.05, 4.69) is 5.32 Å². The summed E-state index contributed by atoms with van der Waals surface area (Å²) in [5.41, 5.74) is 1.54. The summed E-state index contributed by atoms with van der Waals surface area (Å²) >= 11 is 0. The van der Waals surface area contributed by atoms with Crippen LogP contribution >= 0.6 is 0 Å². The predicted molar refractivity (Wildman–Crippen MR) is 76.3 cm³/mol. The molecule has 0 radical (unpaired) electrons. The highest BCUT2D eigenvalue weighted by Crippen LogP contribution is 2.12. The van der Waals surface area contributed by atoms with Crippen LogP contribution in [-0.2, 0) is 16.1 Å². The number of halogens is 1. The fraction of sp³-hybridized carbons (Fsp3) is 0.125. The minimum absolute atomic E-state index is 0.00401. The molecule has 21 heavy (non-hydrogen) atoms. The predicted octanol–water partition coefficient (Wildman–Crippen LogP) is 3.14. The number of carbonyl (C=O) groups excluding carboxylic acids is 2. The normalized spacial score (nSPS) is 10.0. The van der Waals surface area contributed by atoms with Gasteiger partial charge in [0, 0.05) is 12.6 Å². The van der Waals surface area contributed by atoms with Gasteiger partial charge in [0.2, 0.25) is 5.91 Å². The van der Waals surface area contributed by atoms with Gasteiger partial charge in [-0.2, -0.15) is 0 Å². The van der Waals surface area contributed by atoms with E-state index in [1.165, 1.54) is 19.1 Å².